The van der Waals surface area contributed by atoms with Gasteiger partial charge in [-0.3, -0.25) is 4.79 Å². The summed E-state index contributed by atoms with van der Waals surface area (Å²) in [5.41, 5.74) is 1.89. The molecule has 0 bridgehead atoms. The number of sulfonamides is 1. The number of carbonyl (C=O) groups is 1. The standard InChI is InChI=1S/C26H28N2O4S/c1-32-23-15-12-20(13-16-23)18-27-26(29)22-14-17-25(21-8-4-2-5-9-21)28(19-22)33(30,31)24-10-6-3-7-11-24/h2-13,15-16,22,25H,14,17-19H2,1H3,(H,27,29)/t22-,25-/m1/s1. The maximum absolute atomic E-state index is 13.6. The number of methoxy groups -OCH3 is 1. The van der Waals surface area contributed by atoms with Crippen LogP contribution in [0.25, 0.3) is 0 Å². The number of ether oxygens (including phenoxy) is 1. The van der Waals surface area contributed by atoms with Gasteiger partial charge in [0.2, 0.25) is 15.9 Å². The Balaban J connectivity index is 1.53. The Kier molecular flexibility index (Phi) is 7.11. The lowest BCUT2D eigenvalue weighted by Gasteiger charge is -2.38. The van der Waals surface area contributed by atoms with Crippen molar-refractivity contribution >= 4 is 15.9 Å². The molecule has 172 valence electrons. The van der Waals surface area contributed by atoms with Gasteiger partial charge in [-0.2, -0.15) is 4.31 Å². The normalized spacial score (nSPS) is 19.1. The fraction of sp³-hybridized carbons (Fsp3) is 0.269. The molecule has 1 amide bonds. The smallest absolute Gasteiger partial charge is 0.243 e. The van der Waals surface area contributed by atoms with E-state index < -0.39 is 15.9 Å². The molecule has 3 aromatic rings. The summed E-state index contributed by atoms with van der Waals surface area (Å²) in [4.78, 5) is 13.2. The summed E-state index contributed by atoms with van der Waals surface area (Å²) in [6.07, 6.45) is 1.20. The van der Waals surface area contributed by atoms with Gasteiger partial charge in [-0.15, -0.1) is 0 Å². The van der Waals surface area contributed by atoms with Gasteiger partial charge in [0.25, 0.3) is 0 Å². The number of amides is 1. The van der Waals surface area contributed by atoms with E-state index in [1.807, 2.05) is 54.6 Å². The Morgan fingerprint density at radius 2 is 1.58 bits per heavy atom. The summed E-state index contributed by atoms with van der Waals surface area (Å²) in [7, 11) is -2.15. The Morgan fingerprint density at radius 1 is 0.939 bits per heavy atom. The van der Waals surface area contributed by atoms with E-state index in [4.69, 9.17) is 4.74 Å². The van der Waals surface area contributed by atoms with Gasteiger partial charge in [0.1, 0.15) is 5.75 Å². The fourth-order valence-electron chi connectivity index (χ4n) is 4.23. The molecule has 1 heterocycles. The zero-order chi connectivity index (χ0) is 23.3. The van der Waals surface area contributed by atoms with Crippen molar-refractivity contribution in [2.45, 2.75) is 30.3 Å². The molecule has 3 aromatic carbocycles. The quantitative estimate of drug-likeness (QED) is 0.570. The molecular weight excluding hydrogens is 436 g/mol. The van der Waals surface area contributed by atoms with E-state index in [0.717, 1.165) is 16.9 Å². The Bertz CT molecular complexity index is 1170. The third-order valence-corrected chi connectivity index (χ3v) is 7.96. The van der Waals surface area contributed by atoms with Crippen molar-refractivity contribution in [2.75, 3.05) is 13.7 Å². The molecule has 0 unspecified atom stereocenters. The van der Waals surface area contributed by atoms with Crippen LogP contribution in [0.5, 0.6) is 5.75 Å². The number of nitrogens with zero attached hydrogens (tertiary/aromatic N) is 1. The van der Waals surface area contributed by atoms with Crippen LogP contribution in [0, 0.1) is 5.92 Å². The lowest BCUT2D eigenvalue weighted by Crippen LogP contribution is -2.46. The lowest BCUT2D eigenvalue weighted by atomic mass is 9.90. The molecule has 0 aromatic heterocycles. The predicted octanol–water partition coefficient (Wildman–Crippen LogP) is 4.15. The minimum absolute atomic E-state index is 0.134. The van der Waals surface area contributed by atoms with Crippen LogP contribution in [0.3, 0.4) is 0 Å². The summed E-state index contributed by atoms with van der Waals surface area (Å²) in [5.74, 6) is 0.207. The van der Waals surface area contributed by atoms with Crippen LogP contribution >= 0.6 is 0 Å². The lowest BCUT2D eigenvalue weighted by molar-refractivity contribution is -0.126. The highest BCUT2D eigenvalue weighted by atomic mass is 32.2. The fourth-order valence-corrected chi connectivity index (χ4v) is 5.94. The second-order valence-corrected chi connectivity index (χ2v) is 10.0. The summed E-state index contributed by atoms with van der Waals surface area (Å²) >= 11 is 0. The highest BCUT2D eigenvalue weighted by Crippen LogP contribution is 2.37. The third-order valence-electron chi connectivity index (χ3n) is 6.07. The number of carbonyl (C=O) groups excluding carboxylic acids is 1. The van der Waals surface area contributed by atoms with Gasteiger partial charge in [-0.25, -0.2) is 8.42 Å². The van der Waals surface area contributed by atoms with Crippen LogP contribution in [0.2, 0.25) is 0 Å². The van der Waals surface area contributed by atoms with Gasteiger partial charge < -0.3 is 10.1 Å². The summed E-state index contributed by atoms with van der Waals surface area (Å²) in [6.45, 7) is 0.526. The first-order valence-corrected chi connectivity index (χ1v) is 12.5. The first kappa shape index (κ1) is 23.0. The van der Waals surface area contributed by atoms with E-state index in [2.05, 4.69) is 5.32 Å². The number of nitrogens with one attached hydrogen (secondary N) is 1. The van der Waals surface area contributed by atoms with Crippen LogP contribution in [-0.4, -0.2) is 32.3 Å². The van der Waals surface area contributed by atoms with E-state index in [1.54, 1.807) is 37.4 Å². The van der Waals surface area contributed by atoms with E-state index in [9.17, 15) is 13.2 Å². The molecule has 4 rings (SSSR count). The average Bonchev–Trinajstić information content (AvgIpc) is 2.88. The molecule has 0 saturated carbocycles. The monoisotopic (exact) mass is 464 g/mol. The van der Waals surface area contributed by atoms with Crippen molar-refractivity contribution in [1.82, 2.24) is 9.62 Å². The second-order valence-electron chi connectivity index (χ2n) is 8.15. The average molecular weight is 465 g/mol. The topological polar surface area (TPSA) is 75.7 Å². The first-order valence-electron chi connectivity index (χ1n) is 11.0. The van der Waals surface area contributed by atoms with Crippen molar-refractivity contribution < 1.29 is 17.9 Å². The van der Waals surface area contributed by atoms with Gasteiger partial charge in [-0.05, 0) is 48.2 Å². The number of benzene rings is 3. The molecule has 7 heteroatoms. The van der Waals surface area contributed by atoms with Crippen molar-refractivity contribution in [3.05, 3.63) is 96.1 Å². The van der Waals surface area contributed by atoms with E-state index in [0.29, 0.717) is 19.4 Å². The Labute approximate surface area is 195 Å². The molecule has 1 saturated heterocycles. The number of hydrogen-bond donors (Lipinski definition) is 1. The molecule has 1 fully saturated rings. The maximum atomic E-state index is 13.6. The summed E-state index contributed by atoms with van der Waals surface area (Å²) in [5, 5.41) is 2.97. The molecule has 2 atom stereocenters. The van der Waals surface area contributed by atoms with Gasteiger partial charge in [0.15, 0.2) is 0 Å². The van der Waals surface area contributed by atoms with Crippen molar-refractivity contribution in [2.24, 2.45) is 5.92 Å². The minimum Gasteiger partial charge on any atom is -0.497 e. The minimum atomic E-state index is -3.76. The molecule has 0 aliphatic carbocycles. The van der Waals surface area contributed by atoms with Crippen LogP contribution < -0.4 is 10.1 Å². The van der Waals surface area contributed by atoms with Gasteiger partial charge in [-0.1, -0.05) is 60.7 Å². The number of hydrogen-bond acceptors (Lipinski definition) is 4. The highest BCUT2D eigenvalue weighted by Gasteiger charge is 2.39. The van der Waals surface area contributed by atoms with Crippen LogP contribution in [-0.2, 0) is 21.4 Å². The summed E-state index contributed by atoms with van der Waals surface area (Å²) in [6, 6.07) is 25.3. The van der Waals surface area contributed by atoms with E-state index in [1.165, 1.54) is 4.31 Å². The van der Waals surface area contributed by atoms with Crippen molar-refractivity contribution in [3.63, 3.8) is 0 Å². The first-order chi connectivity index (χ1) is 16.0. The van der Waals surface area contributed by atoms with Gasteiger partial charge in [0.05, 0.1) is 24.0 Å². The number of piperidine rings is 1. The molecular formula is C26H28N2O4S. The van der Waals surface area contributed by atoms with E-state index >= 15 is 0 Å². The van der Waals surface area contributed by atoms with Crippen molar-refractivity contribution in [3.8, 4) is 5.75 Å². The predicted molar refractivity (Wildman–Crippen MR) is 127 cm³/mol. The molecule has 1 aliphatic heterocycles. The van der Waals surface area contributed by atoms with E-state index in [-0.39, 0.29) is 23.4 Å². The molecule has 0 radical (unpaired) electrons. The van der Waals surface area contributed by atoms with Crippen LogP contribution in [0.15, 0.2) is 89.8 Å². The Hall–Kier alpha value is -3.16. The SMILES string of the molecule is COc1ccc(CNC(=O)[C@@H]2CC[C@H](c3ccccc3)N(S(=O)(=O)c3ccccc3)C2)cc1. The van der Waals surface area contributed by atoms with Gasteiger partial charge in [0, 0.05) is 13.1 Å². The van der Waals surface area contributed by atoms with Crippen molar-refractivity contribution in [1.29, 1.82) is 0 Å². The second kappa shape index (κ2) is 10.2. The van der Waals surface area contributed by atoms with Gasteiger partial charge >= 0.3 is 0 Å². The summed E-state index contributed by atoms with van der Waals surface area (Å²) < 4.78 is 33.8. The highest BCUT2D eigenvalue weighted by molar-refractivity contribution is 7.89. The van der Waals surface area contributed by atoms with Crippen LogP contribution in [0.4, 0.5) is 0 Å². The molecule has 1 N–H and O–H groups in total. The molecule has 0 spiro atoms. The largest absolute Gasteiger partial charge is 0.497 e. The number of rotatable bonds is 7. The zero-order valence-corrected chi connectivity index (χ0v) is 19.4. The van der Waals surface area contributed by atoms with Crippen LogP contribution in [0.1, 0.15) is 30.0 Å². The Morgan fingerprint density at radius 3 is 2.21 bits per heavy atom. The molecule has 1 aliphatic rings. The molecule has 6 nitrogen and oxygen atoms in total. The maximum Gasteiger partial charge on any atom is 0.243 e. The third kappa shape index (κ3) is 5.26. The zero-order valence-electron chi connectivity index (χ0n) is 18.6. The molecule has 33 heavy (non-hydrogen) atoms.